The van der Waals surface area contributed by atoms with Gasteiger partial charge in [-0.1, -0.05) is 135 Å². The minimum atomic E-state index is -0.120. The van der Waals surface area contributed by atoms with Gasteiger partial charge in [-0.25, -0.2) is 9.97 Å². The van der Waals surface area contributed by atoms with Crippen LogP contribution in [0.2, 0.25) is 0 Å². The van der Waals surface area contributed by atoms with E-state index in [0.717, 1.165) is 50.3 Å². The summed E-state index contributed by atoms with van der Waals surface area (Å²) in [6, 6.07) is 56.7. The van der Waals surface area contributed by atoms with Crippen LogP contribution in [0, 0.1) is 0 Å². The number of aromatic nitrogens is 4. The molecule has 0 bridgehead atoms. The maximum atomic E-state index is 5.62. The first kappa shape index (κ1) is 28.3. The lowest BCUT2D eigenvalue weighted by atomic mass is 9.82. The maximum absolute atomic E-state index is 5.62. The minimum Gasteiger partial charge on any atom is -0.307 e. The molecule has 51 heavy (non-hydrogen) atoms. The first-order chi connectivity index (χ1) is 25.1. The van der Waals surface area contributed by atoms with Crippen molar-refractivity contribution in [2.24, 2.45) is 0 Å². The van der Waals surface area contributed by atoms with E-state index in [0.29, 0.717) is 0 Å². The summed E-state index contributed by atoms with van der Waals surface area (Å²) in [6.07, 6.45) is 0. The van der Waals surface area contributed by atoms with Gasteiger partial charge in [-0.15, -0.1) is 0 Å². The van der Waals surface area contributed by atoms with Crippen molar-refractivity contribution >= 4 is 54.5 Å². The molecule has 0 aliphatic heterocycles. The molecule has 0 saturated carbocycles. The Balaban J connectivity index is 1.31. The number of hydrogen-bond acceptors (Lipinski definition) is 2. The summed E-state index contributed by atoms with van der Waals surface area (Å²) in [6.45, 7) is 4.65. The summed E-state index contributed by atoms with van der Waals surface area (Å²) >= 11 is 0. The van der Waals surface area contributed by atoms with Crippen molar-refractivity contribution < 1.29 is 0 Å². The van der Waals surface area contributed by atoms with E-state index >= 15 is 0 Å². The van der Waals surface area contributed by atoms with Crippen molar-refractivity contribution in [3.05, 3.63) is 169 Å². The third-order valence-electron chi connectivity index (χ3n) is 11.1. The molecule has 11 rings (SSSR count). The second kappa shape index (κ2) is 10.3. The maximum Gasteiger partial charge on any atom is 0.162 e. The first-order valence-corrected chi connectivity index (χ1v) is 17.6. The number of rotatable bonds is 3. The van der Waals surface area contributed by atoms with Crippen LogP contribution >= 0.6 is 0 Å². The Morgan fingerprint density at radius 1 is 0.431 bits per heavy atom. The summed E-state index contributed by atoms with van der Waals surface area (Å²) in [5.41, 5.74) is 12.7. The van der Waals surface area contributed by atoms with E-state index in [4.69, 9.17) is 9.97 Å². The molecule has 0 N–H and O–H groups in total. The van der Waals surface area contributed by atoms with E-state index in [-0.39, 0.29) is 5.41 Å². The zero-order valence-electron chi connectivity index (χ0n) is 28.3. The predicted molar refractivity (Wildman–Crippen MR) is 211 cm³/mol. The zero-order valence-corrected chi connectivity index (χ0v) is 28.3. The van der Waals surface area contributed by atoms with Crippen LogP contribution in [-0.2, 0) is 5.41 Å². The van der Waals surface area contributed by atoms with Crippen LogP contribution in [-0.4, -0.2) is 19.1 Å². The fourth-order valence-electron chi connectivity index (χ4n) is 8.86. The van der Waals surface area contributed by atoms with Crippen molar-refractivity contribution in [2.75, 3.05) is 0 Å². The molecule has 0 unspecified atom stereocenters. The molecule has 4 heteroatoms. The predicted octanol–water partition coefficient (Wildman–Crippen LogP) is 11.8. The third kappa shape index (κ3) is 3.79. The van der Waals surface area contributed by atoms with Gasteiger partial charge < -0.3 is 4.57 Å². The minimum absolute atomic E-state index is 0.120. The van der Waals surface area contributed by atoms with E-state index in [1.165, 1.54) is 49.3 Å². The normalized spacial score (nSPS) is 13.5. The van der Waals surface area contributed by atoms with E-state index in [9.17, 15) is 0 Å². The quantitative estimate of drug-likeness (QED) is 0.190. The van der Waals surface area contributed by atoms with E-state index in [1.54, 1.807) is 0 Å². The fourth-order valence-corrected chi connectivity index (χ4v) is 8.86. The molecule has 1 aliphatic carbocycles. The number of hydrogen-bond donors (Lipinski definition) is 0. The molecule has 1 aliphatic rings. The Morgan fingerprint density at radius 3 is 1.76 bits per heavy atom. The Kier molecular flexibility index (Phi) is 5.70. The van der Waals surface area contributed by atoms with Crippen LogP contribution in [0.4, 0.5) is 0 Å². The number of benzene rings is 7. The van der Waals surface area contributed by atoms with E-state index in [1.807, 2.05) is 0 Å². The first-order valence-electron chi connectivity index (χ1n) is 17.6. The van der Waals surface area contributed by atoms with Gasteiger partial charge >= 0.3 is 0 Å². The summed E-state index contributed by atoms with van der Waals surface area (Å²) in [7, 11) is 0. The van der Waals surface area contributed by atoms with Crippen LogP contribution in [0.25, 0.3) is 88.5 Å². The summed E-state index contributed by atoms with van der Waals surface area (Å²) in [4.78, 5) is 10.9. The zero-order chi connectivity index (χ0) is 33.8. The highest BCUT2D eigenvalue weighted by Gasteiger charge is 2.37. The van der Waals surface area contributed by atoms with Gasteiger partial charge in [0.1, 0.15) is 5.82 Å². The van der Waals surface area contributed by atoms with Crippen LogP contribution in [0.1, 0.15) is 25.0 Å². The average molecular weight is 653 g/mol. The number of nitrogens with zero attached hydrogens (tertiary/aromatic N) is 4. The van der Waals surface area contributed by atoms with Gasteiger partial charge in [0.2, 0.25) is 0 Å². The Hall–Kier alpha value is -6.52. The van der Waals surface area contributed by atoms with Crippen molar-refractivity contribution in [1.29, 1.82) is 0 Å². The molecular formula is C47H32N4. The van der Waals surface area contributed by atoms with Crippen LogP contribution in [0.15, 0.2) is 158 Å². The highest BCUT2D eigenvalue weighted by Crippen LogP contribution is 2.52. The highest BCUT2D eigenvalue weighted by molar-refractivity contribution is 6.24. The highest BCUT2D eigenvalue weighted by atomic mass is 15.1. The largest absolute Gasteiger partial charge is 0.307 e. The van der Waals surface area contributed by atoms with Gasteiger partial charge in [-0.2, -0.15) is 0 Å². The Labute approximate surface area is 294 Å². The van der Waals surface area contributed by atoms with E-state index in [2.05, 4.69) is 181 Å². The molecular weight excluding hydrogens is 621 g/mol. The SMILES string of the molecule is CC1(C)c2ccccc2-c2c(-c3nc(-n4c5ccccc5c5ccc6c7ccccc7n(-c7ccccc7)c6c54)c4ccccc4n3)cccc21. The fraction of sp³-hybridized carbons (Fsp3) is 0.0638. The molecule has 240 valence electrons. The average Bonchev–Trinajstić information content (AvgIpc) is 3.78. The molecule has 4 nitrogen and oxygen atoms in total. The molecule has 0 saturated heterocycles. The number of para-hydroxylation sites is 4. The third-order valence-corrected chi connectivity index (χ3v) is 11.1. The number of fused-ring (bicyclic) bond motifs is 11. The molecule has 3 aromatic heterocycles. The van der Waals surface area contributed by atoms with E-state index < -0.39 is 0 Å². The van der Waals surface area contributed by atoms with Crippen molar-refractivity contribution in [1.82, 2.24) is 19.1 Å². The lowest BCUT2D eigenvalue weighted by Gasteiger charge is -2.21. The van der Waals surface area contributed by atoms with Crippen LogP contribution in [0.3, 0.4) is 0 Å². The topological polar surface area (TPSA) is 35.6 Å². The van der Waals surface area contributed by atoms with Gasteiger partial charge in [-0.3, -0.25) is 4.57 Å². The lowest BCUT2D eigenvalue weighted by molar-refractivity contribution is 0.660. The smallest absolute Gasteiger partial charge is 0.162 e. The standard InChI is InChI=1S/C47H32N4/c1-47(2)37-22-10-6-19-34(37)42-36(21-14-23-38(42)47)45-48-39-24-11-7-20-35(39)46(49-45)51-41-26-13-9-18-31(41)33-28-27-32-30-17-8-12-25-40(30)50(43(32)44(33)51)29-15-4-3-5-16-29/h3-28H,1-2H3. The Morgan fingerprint density at radius 2 is 1.00 bits per heavy atom. The van der Waals surface area contributed by atoms with Crippen LogP contribution in [0.5, 0.6) is 0 Å². The molecule has 7 aromatic carbocycles. The molecule has 10 aromatic rings. The van der Waals surface area contributed by atoms with Gasteiger partial charge in [0, 0.05) is 43.6 Å². The Bertz CT molecular complexity index is 3050. The monoisotopic (exact) mass is 652 g/mol. The summed E-state index contributed by atoms with van der Waals surface area (Å²) in [5, 5.41) is 5.84. The second-order valence-corrected chi connectivity index (χ2v) is 14.2. The van der Waals surface area contributed by atoms with Gasteiger partial charge in [0.05, 0.1) is 27.6 Å². The molecule has 0 fully saturated rings. The van der Waals surface area contributed by atoms with Gasteiger partial charge in [-0.05, 0) is 58.7 Å². The second-order valence-electron chi connectivity index (χ2n) is 14.2. The summed E-state index contributed by atoms with van der Waals surface area (Å²) < 4.78 is 4.83. The van der Waals surface area contributed by atoms with Gasteiger partial charge in [0.15, 0.2) is 5.82 Å². The van der Waals surface area contributed by atoms with Crippen molar-refractivity contribution in [2.45, 2.75) is 19.3 Å². The van der Waals surface area contributed by atoms with Crippen molar-refractivity contribution in [3.8, 4) is 34.0 Å². The molecule has 0 spiro atoms. The lowest BCUT2D eigenvalue weighted by Crippen LogP contribution is -2.14. The molecule has 0 amide bonds. The van der Waals surface area contributed by atoms with Gasteiger partial charge in [0.25, 0.3) is 0 Å². The molecule has 3 heterocycles. The molecule has 0 radical (unpaired) electrons. The van der Waals surface area contributed by atoms with Crippen molar-refractivity contribution in [3.63, 3.8) is 0 Å². The van der Waals surface area contributed by atoms with Crippen LogP contribution < -0.4 is 0 Å². The summed E-state index contributed by atoms with van der Waals surface area (Å²) in [5.74, 6) is 1.61. The molecule has 0 atom stereocenters.